The number of aryl methyl sites for hydroxylation is 1. The molecule has 0 saturated heterocycles. The van der Waals surface area contributed by atoms with Crippen LogP contribution in [0.3, 0.4) is 0 Å². The van der Waals surface area contributed by atoms with E-state index < -0.39 is 28.5 Å². The van der Waals surface area contributed by atoms with E-state index in [-0.39, 0.29) is 23.3 Å². The van der Waals surface area contributed by atoms with Crippen molar-refractivity contribution in [2.45, 2.75) is 45.2 Å². The summed E-state index contributed by atoms with van der Waals surface area (Å²) in [5.41, 5.74) is 2.00. The number of hydrogen-bond donors (Lipinski definition) is 1. The molecule has 3 aromatic rings. The van der Waals surface area contributed by atoms with Crippen LogP contribution in [-0.2, 0) is 26.2 Å². The van der Waals surface area contributed by atoms with Crippen molar-refractivity contribution in [3.63, 3.8) is 0 Å². The molecule has 0 fully saturated rings. The van der Waals surface area contributed by atoms with E-state index in [1.807, 2.05) is 39.0 Å². The molecule has 9 heteroatoms. The van der Waals surface area contributed by atoms with Crippen molar-refractivity contribution >= 4 is 27.5 Å². The van der Waals surface area contributed by atoms with E-state index in [0.717, 1.165) is 15.4 Å². The quantitative estimate of drug-likeness (QED) is 0.360. The maximum atomic E-state index is 13.9. The van der Waals surface area contributed by atoms with Gasteiger partial charge in [-0.3, -0.25) is 13.9 Å². The Morgan fingerprint density at radius 1 is 0.923 bits per heavy atom. The summed E-state index contributed by atoms with van der Waals surface area (Å²) in [6, 6.07) is 21.4. The SMILES string of the molecule is COc1ccc(CN(C(=O)CN(c2cccc(C)c2)S(=O)(=O)c2ccccc2)C(C)C(=O)NCC(C)C)cc1. The molecule has 0 saturated carbocycles. The normalized spacial score (nSPS) is 12.1. The second-order valence-electron chi connectivity index (χ2n) is 9.85. The van der Waals surface area contributed by atoms with E-state index in [2.05, 4.69) is 5.32 Å². The summed E-state index contributed by atoms with van der Waals surface area (Å²) in [6.45, 7) is 7.59. The van der Waals surface area contributed by atoms with E-state index >= 15 is 0 Å². The van der Waals surface area contributed by atoms with Gasteiger partial charge in [-0.2, -0.15) is 0 Å². The van der Waals surface area contributed by atoms with Crippen LogP contribution in [0.1, 0.15) is 31.9 Å². The van der Waals surface area contributed by atoms with Crippen molar-refractivity contribution in [2.24, 2.45) is 5.92 Å². The minimum atomic E-state index is -4.08. The number of nitrogens with zero attached hydrogens (tertiary/aromatic N) is 2. The van der Waals surface area contributed by atoms with Crippen LogP contribution in [0.25, 0.3) is 0 Å². The third kappa shape index (κ3) is 7.83. The summed E-state index contributed by atoms with van der Waals surface area (Å²) >= 11 is 0. The molecule has 2 amide bonds. The van der Waals surface area contributed by atoms with Gasteiger partial charge >= 0.3 is 0 Å². The van der Waals surface area contributed by atoms with E-state index in [4.69, 9.17) is 4.74 Å². The Morgan fingerprint density at radius 2 is 1.59 bits per heavy atom. The molecule has 1 atom stereocenters. The Bertz CT molecular complexity index is 1360. The van der Waals surface area contributed by atoms with Crippen molar-refractivity contribution < 1.29 is 22.7 Å². The second-order valence-corrected chi connectivity index (χ2v) is 11.7. The van der Waals surface area contributed by atoms with E-state index in [0.29, 0.717) is 18.0 Å². The summed E-state index contributed by atoms with van der Waals surface area (Å²) in [5.74, 6) is 0.0938. The highest BCUT2D eigenvalue weighted by Crippen LogP contribution is 2.25. The molecule has 0 aromatic heterocycles. The molecule has 3 aromatic carbocycles. The predicted octanol–water partition coefficient (Wildman–Crippen LogP) is 4.39. The molecule has 0 heterocycles. The van der Waals surface area contributed by atoms with Crippen LogP contribution >= 0.6 is 0 Å². The monoisotopic (exact) mass is 551 g/mol. The Kier molecular flexibility index (Phi) is 10.1. The average Bonchev–Trinajstić information content (AvgIpc) is 2.93. The first-order valence-corrected chi connectivity index (χ1v) is 14.3. The van der Waals surface area contributed by atoms with Crippen LogP contribution in [0.2, 0.25) is 0 Å². The standard InChI is InChI=1S/C30H37N3O5S/c1-22(2)19-31-30(35)24(4)32(20-25-14-16-27(38-5)17-15-25)29(34)21-33(26-11-9-10-23(3)18-26)39(36,37)28-12-7-6-8-13-28/h6-18,22,24H,19-21H2,1-5H3,(H,31,35). The van der Waals surface area contributed by atoms with Crippen LogP contribution in [0.4, 0.5) is 5.69 Å². The number of ether oxygens (including phenoxy) is 1. The van der Waals surface area contributed by atoms with Gasteiger partial charge in [-0.1, -0.05) is 56.3 Å². The zero-order valence-electron chi connectivity index (χ0n) is 23.1. The maximum Gasteiger partial charge on any atom is 0.264 e. The zero-order chi connectivity index (χ0) is 28.6. The Labute approximate surface area is 231 Å². The largest absolute Gasteiger partial charge is 0.497 e. The van der Waals surface area contributed by atoms with E-state index in [1.165, 1.54) is 17.0 Å². The number of sulfonamides is 1. The van der Waals surface area contributed by atoms with Gasteiger partial charge in [0.25, 0.3) is 10.0 Å². The van der Waals surface area contributed by atoms with Gasteiger partial charge in [0.15, 0.2) is 0 Å². The van der Waals surface area contributed by atoms with Crippen molar-refractivity contribution in [1.29, 1.82) is 0 Å². The molecule has 0 spiro atoms. The number of carbonyl (C=O) groups is 2. The molecule has 0 radical (unpaired) electrons. The fourth-order valence-corrected chi connectivity index (χ4v) is 5.42. The Hall–Kier alpha value is -3.85. The Morgan fingerprint density at radius 3 is 2.18 bits per heavy atom. The van der Waals surface area contributed by atoms with Gasteiger partial charge in [-0.05, 0) is 67.3 Å². The highest BCUT2D eigenvalue weighted by atomic mass is 32.2. The first-order valence-electron chi connectivity index (χ1n) is 12.9. The molecule has 1 unspecified atom stereocenters. The van der Waals surface area contributed by atoms with Crippen LogP contribution in [0.5, 0.6) is 5.75 Å². The lowest BCUT2D eigenvalue weighted by Crippen LogP contribution is -2.51. The first kappa shape index (κ1) is 29.7. The average molecular weight is 552 g/mol. The summed E-state index contributed by atoms with van der Waals surface area (Å²) in [4.78, 5) is 28.5. The topological polar surface area (TPSA) is 96.0 Å². The van der Waals surface area contributed by atoms with E-state index in [1.54, 1.807) is 62.6 Å². The Balaban J connectivity index is 1.99. The smallest absolute Gasteiger partial charge is 0.264 e. The van der Waals surface area contributed by atoms with Gasteiger partial charge < -0.3 is 15.0 Å². The molecule has 39 heavy (non-hydrogen) atoms. The molecule has 0 aliphatic carbocycles. The second kappa shape index (κ2) is 13.3. The summed E-state index contributed by atoms with van der Waals surface area (Å²) in [5, 5.41) is 2.89. The minimum absolute atomic E-state index is 0.0729. The summed E-state index contributed by atoms with van der Waals surface area (Å²) < 4.78 is 33.9. The zero-order valence-corrected chi connectivity index (χ0v) is 23.9. The van der Waals surface area contributed by atoms with Crippen molar-refractivity contribution in [2.75, 3.05) is 24.5 Å². The third-order valence-corrected chi connectivity index (χ3v) is 8.05. The van der Waals surface area contributed by atoms with Crippen molar-refractivity contribution in [3.05, 3.63) is 90.0 Å². The highest BCUT2D eigenvalue weighted by Gasteiger charge is 2.32. The van der Waals surface area contributed by atoms with Crippen molar-refractivity contribution in [1.82, 2.24) is 10.2 Å². The van der Waals surface area contributed by atoms with Gasteiger partial charge in [-0.25, -0.2) is 8.42 Å². The van der Waals surface area contributed by atoms with Crippen LogP contribution in [0, 0.1) is 12.8 Å². The molecule has 8 nitrogen and oxygen atoms in total. The molecular formula is C30H37N3O5S. The van der Waals surface area contributed by atoms with Gasteiger partial charge in [0.05, 0.1) is 17.7 Å². The highest BCUT2D eigenvalue weighted by molar-refractivity contribution is 7.92. The van der Waals surface area contributed by atoms with E-state index in [9.17, 15) is 18.0 Å². The summed E-state index contributed by atoms with van der Waals surface area (Å²) in [6.07, 6.45) is 0. The number of carbonyl (C=O) groups excluding carboxylic acids is 2. The van der Waals surface area contributed by atoms with Crippen molar-refractivity contribution in [3.8, 4) is 5.75 Å². The molecule has 3 rings (SSSR count). The predicted molar refractivity (Wildman–Crippen MR) is 153 cm³/mol. The number of rotatable bonds is 12. The van der Waals surface area contributed by atoms with Gasteiger partial charge in [0.2, 0.25) is 11.8 Å². The number of benzene rings is 3. The fraction of sp³-hybridized carbons (Fsp3) is 0.333. The van der Waals surface area contributed by atoms with Gasteiger partial charge in [0, 0.05) is 13.1 Å². The number of amides is 2. The molecular weight excluding hydrogens is 514 g/mol. The lowest BCUT2D eigenvalue weighted by molar-refractivity contribution is -0.139. The molecule has 1 N–H and O–H groups in total. The lowest BCUT2D eigenvalue weighted by atomic mass is 10.1. The number of nitrogens with one attached hydrogen (secondary N) is 1. The molecule has 0 bridgehead atoms. The van der Waals surface area contributed by atoms with Crippen LogP contribution in [-0.4, -0.2) is 51.4 Å². The molecule has 208 valence electrons. The van der Waals surface area contributed by atoms with Gasteiger partial charge in [-0.15, -0.1) is 0 Å². The van der Waals surface area contributed by atoms with Gasteiger partial charge in [0.1, 0.15) is 18.3 Å². The number of methoxy groups -OCH3 is 1. The summed E-state index contributed by atoms with van der Waals surface area (Å²) in [7, 11) is -2.51. The maximum absolute atomic E-state index is 13.9. The fourth-order valence-electron chi connectivity index (χ4n) is 3.99. The van der Waals surface area contributed by atoms with Crippen LogP contribution in [0.15, 0.2) is 83.8 Å². The van der Waals surface area contributed by atoms with Crippen LogP contribution < -0.4 is 14.4 Å². The lowest BCUT2D eigenvalue weighted by Gasteiger charge is -2.32. The third-order valence-electron chi connectivity index (χ3n) is 6.26. The number of hydrogen-bond acceptors (Lipinski definition) is 5. The first-order chi connectivity index (χ1) is 18.5. The number of anilines is 1. The molecule has 0 aliphatic heterocycles. The minimum Gasteiger partial charge on any atom is -0.497 e. The molecule has 0 aliphatic rings.